The lowest BCUT2D eigenvalue weighted by molar-refractivity contribution is -0.125. The Morgan fingerprint density at radius 2 is 2.00 bits per heavy atom. The van der Waals surface area contributed by atoms with E-state index in [1.165, 1.54) is 0 Å². The second-order valence-corrected chi connectivity index (χ2v) is 8.86. The van der Waals surface area contributed by atoms with E-state index in [2.05, 4.69) is 30.6 Å². The molecule has 5 heterocycles. The van der Waals surface area contributed by atoms with Crippen molar-refractivity contribution in [2.45, 2.75) is 12.8 Å². The lowest BCUT2D eigenvalue weighted by Gasteiger charge is -2.32. The SMILES string of the molecule is O=C(NCCOc1ccc(-c2ccco2)nn1)C1CCCN(c2ccc(-c3cccs3)nn2)C1. The predicted octanol–water partition coefficient (Wildman–Crippen LogP) is 3.67. The molecule has 0 radical (unpaired) electrons. The van der Waals surface area contributed by atoms with Crippen LogP contribution < -0.4 is 15.0 Å². The van der Waals surface area contributed by atoms with Crippen LogP contribution in [0.25, 0.3) is 22.0 Å². The van der Waals surface area contributed by atoms with Gasteiger partial charge in [-0.3, -0.25) is 4.79 Å². The molecule has 1 amide bonds. The molecule has 4 aromatic rings. The van der Waals surface area contributed by atoms with Gasteiger partial charge in [0, 0.05) is 19.2 Å². The number of aromatic nitrogens is 4. The summed E-state index contributed by atoms with van der Waals surface area (Å²) in [6, 6.07) is 15.1. The molecule has 10 heteroatoms. The van der Waals surface area contributed by atoms with Gasteiger partial charge in [-0.25, -0.2) is 0 Å². The number of piperidine rings is 1. The zero-order valence-electron chi connectivity index (χ0n) is 18.5. The molecule has 0 saturated carbocycles. The maximum absolute atomic E-state index is 12.7. The van der Waals surface area contributed by atoms with E-state index in [1.54, 1.807) is 35.8 Å². The minimum Gasteiger partial charge on any atom is -0.475 e. The van der Waals surface area contributed by atoms with Gasteiger partial charge < -0.3 is 19.4 Å². The number of ether oxygens (including phenoxy) is 1. The van der Waals surface area contributed by atoms with Gasteiger partial charge in [-0.05, 0) is 54.6 Å². The Morgan fingerprint density at radius 1 is 1.09 bits per heavy atom. The molecule has 0 spiro atoms. The summed E-state index contributed by atoms with van der Waals surface area (Å²) in [5, 5.41) is 21.9. The van der Waals surface area contributed by atoms with Gasteiger partial charge in [0.25, 0.3) is 0 Å². The summed E-state index contributed by atoms with van der Waals surface area (Å²) in [7, 11) is 0. The van der Waals surface area contributed by atoms with Crippen LogP contribution in [0.1, 0.15) is 12.8 Å². The molecular formula is C24H24N6O3S. The molecule has 5 rings (SSSR count). The molecule has 9 nitrogen and oxygen atoms in total. The summed E-state index contributed by atoms with van der Waals surface area (Å²) < 4.78 is 10.9. The summed E-state index contributed by atoms with van der Waals surface area (Å²) in [5.74, 6) is 1.78. The summed E-state index contributed by atoms with van der Waals surface area (Å²) in [6.07, 6.45) is 3.37. The van der Waals surface area contributed by atoms with Gasteiger partial charge >= 0.3 is 0 Å². The van der Waals surface area contributed by atoms with Gasteiger partial charge in [-0.1, -0.05) is 6.07 Å². The zero-order chi connectivity index (χ0) is 23.2. The summed E-state index contributed by atoms with van der Waals surface area (Å²) in [4.78, 5) is 15.9. The summed E-state index contributed by atoms with van der Waals surface area (Å²) in [5.41, 5.74) is 1.50. The molecule has 1 atom stereocenters. The quantitative estimate of drug-likeness (QED) is 0.384. The third-order valence-corrected chi connectivity index (χ3v) is 6.50. The molecule has 34 heavy (non-hydrogen) atoms. The number of hydrogen-bond acceptors (Lipinski definition) is 9. The molecule has 1 aliphatic heterocycles. The fourth-order valence-corrected chi connectivity index (χ4v) is 4.57. The highest BCUT2D eigenvalue weighted by atomic mass is 32.1. The van der Waals surface area contributed by atoms with E-state index in [1.807, 2.05) is 35.7 Å². The van der Waals surface area contributed by atoms with Gasteiger partial charge in [-0.2, -0.15) is 0 Å². The Labute approximate surface area is 200 Å². The number of carbonyl (C=O) groups is 1. The minimum absolute atomic E-state index is 0.0238. The molecular weight excluding hydrogens is 452 g/mol. The van der Waals surface area contributed by atoms with E-state index in [9.17, 15) is 4.79 Å². The van der Waals surface area contributed by atoms with E-state index in [-0.39, 0.29) is 11.8 Å². The van der Waals surface area contributed by atoms with E-state index >= 15 is 0 Å². The molecule has 0 aromatic carbocycles. The number of nitrogens with zero attached hydrogens (tertiary/aromatic N) is 5. The first kappa shape index (κ1) is 22.0. The zero-order valence-corrected chi connectivity index (χ0v) is 19.3. The second-order valence-electron chi connectivity index (χ2n) is 7.91. The lowest BCUT2D eigenvalue weighted by Crippen LogP contribution is -2.44. The Kier molecular flexibility index (Phi) is 6.76. The van der Waals surface area contributed by atoms with Crippen molar-refractivity contribution in [2.24, 2.45) is 5.92 Å². The van der Waals surface area contributed by atoms with Crippen molar-refractivity contribution in [2.75, 3.05) is 31.1 Å². The number of thiophene rings is 1. The Morgan fingerprint density at radius 3 is 2.74 bits per heavy atom. The number of hydrogen-bond donors (Lipinski definition) is 1. The normalized spacial score (nSPS) is 15.8. The molecule has 1 saturated heterocycles. The first-order valence-electron chi connectivity index (χ1n) is 11.2. The Hall–Kier alpha value is -3.79. The van der Waals surface area contributed by atoms with E-state index in [4.69, 9.17) is 9.15 Å². The molecule has 1 unspecified atom stereocenters. The standard InChI is InChI=1S/C24H24N6O3S/c31-24(25-11-14-33-23-10-8-18(26-29-23)20-5-2-13-32-20)17-4-1-12-30(16-17)22-9-7-19(27-28-22)21-6-3-15-34-21/h2-3,5-10,13,15,17H,1,4,11-12,14,16H2,(H,25,31). The van der Waals surface area contributed by atoms with E-state index in [0.29, 0.717) is 37.0 Å². The van der Waals surface area contributed by atoms with Crippen LogP contribution in [-0.4, -0.2) is 52.5 Å². The van der Waals surface area contributed by atoms with Crippen LogP contribution >= 0.6 is 11.3 Å². The topological polar surface area (TPSA) is 106 Å². The molecule has 174 valence electrons. The highest BCUT2D eigenvalue weighted by Crippen LogP contribution is 2.25. The van der Waals surface area contributed by atoms with Gasteiger partial charge in [0.2, 0.25) is 11.8 Å². The number of furan rings is 1. The molecule has 0 bridgehead atoms. The monoisotopic (exact) mass is 476 g/mol. The van der Waals surface area contributed by atoms with Crippen LogP contribution in [0.5, 0.6) is 5.88 Å². The molecule has 1 aliphatic rings. The van der Waals surface area contributed by atoms with Crippen molar-refractivity contribution in [1.29, 1.82) is 0 Å². The number of nitrogens with one attached hydrogen (secondary N) is 1. The third-order valence-electron chi connectivity index (χ3n) is 5.61. The molecule has 1 N–H and O–H groups in total. The number of rotatable bonds is 8. The van der Waals surface area contributed by atoms with Crippen molar-refractivity contribution in [3.63, 3.8) is 0 Å². The van der Waals surface area contributed by atoms with Crippen molar-refractivity contribution in [3.8, 4) is 27.9 Å². The van der Waals surface area contributed by atoms with Crippen LogP contribution in [0.4, 0.5) is 5.82 Å². The first-order valence-corrected chi connectivity index (χ1v) is 12.0. The molecule has 0 aliphatic carbocycles. The Bertz CT molecular complexity index is 1180. The van der Waals surface area contributed by atoms with Crippen LogP contribution in [0.3, 0.4) is 0 Å². The van der Waals surface area contributed by atoms with Crippen LogP contribution in [0.15, 0.2) is 64.6 Å². The maximum Gasteiger partial charge on any atom is 0.233 e. The van der Waals surface area contributed by atoms with Crippen LogP contribution in [0.2, 0.25) is 0 Å². The maximum atomic E-state index is 12.7. The molecule has 4 aromatic heterocycles. The van der Waals surface area contributed by atoms with Gasteiger partial charge in [0.1, 0.15) is 18.0 Å². The average Bonchev–Trinajstić information content (AvgIpc) is 3.62. The predicted molar refractivity (Wildman–Crippen MR) is 129 cm³/mol. The van der Waals surface area contributed by atoms with Crippen molar-refractivity contribution in [3.05, 3.63) is 60.2 Å². The van der Waals surface area contributed by atoms with Gasteiger partial charge in [-0.15, -0.1) is 31.7 Å². The fraction of sp³-hybridized carbons (Fsp3) is 0.292. The fourth-order valence-electron chi connectivity index (χ4n) is 3.88. The smallest absolute Gasteiger partial charge is 0.233 e. The second kappa shape index (κ2) is 10.4. The van der Waals surface area contributed by atoms with E-state index < -0.39 is 0 Å². The summed E-state index contributed by atoms with van der Waals surface area (Å²) >= 11 is 1.64. The molecule has 1 fully saturated rings. The van der Waals surface area contributed by atoms with Gasteiger partial charge in [0.05, 0.1) is 23.6 Å². The third kappa shape index (κ3) is 5.23. The van der Waals surface area contributed by atoms with Gasteiger partial charge in [0.15, 0.2) is 11.6 Å². The van der Waals surface area contributed by atoms with Crippen molar-refractivity contribution >= 4 is 23.1 Å². The van der Waals surface area contributed by atoms with Crippen LogP contribution in [-0.2, 0) is 4.79 Å². The first-order chi connectivity index (χ1) is 16.8. The van der Waals surface area contributed by atoms with Crippen molar-refractivity contribution < 1.29 is 13.9 Å². The summed E-state index contributed by atoms with van der Waals surface area (Å²) in [6.45, 7) is 2.20. The van der Waals surface area contributed by atoms with Crippen LogP contribution in [0, 0.1) is 5.92 Å². The average molecular weight is 477 g/mol. The highest BCUT2D eigenvalue weighted by Gasteiger charge is 2.26. The number of amides is 1. The Balaban J connectivity index is 1.08. The minimum atomic E-state index is -0.0973. The number of anilines is 1. The number of carbonyl (C=O) groups excluding carboxylic acids is 1. The van der Waals surface area contributed by atoms with Crippen molar-refractivity contribution in [1.82, 2.24) is 25.7 Å². The van der Waals surface area contributed by atoms with E-state index in [0.717, 1.165) is 35.8 Å². The highest BCUT2D eigenvalue weighted by molar-refractivity contribution is 7.13. The largest absolute Gasteiger partial charge is 0.475 e. The lowest BCUT2D eigenvalue weighted by atomic mass is 9.97.